The van der Waals surface area contributed by atoms with Crippen molar-refractivity contribution in [1.82, 2.24) is 9.88 Å². The monoisotopic (exact) mass is 274 g/mol. The highest BCUT2D eigenvalue weighted by atomic mass is 32.2. The average molecular weight is 274 g/mol. The van der Waals surface area contributed by atoms with Gasteiger partial charge in [0.15, 0.2) is 5.13 Å². The van der Waals surface area contributed by atoms with E-state index >= 15 is 0 Å². The van der Waals surface area contributed by atoms with Crippen molar-refractivity contribution in [2.45, 2.75) is 13.0 Å². The number of thioether (sulfide) groups is 1. The molecule has 7 heteroatoms. The number of carbonyl (C=O) groups is 1. The summed E-state index contributed by atoms with van der Waals surface area (Å²) in [6, 6.07) is 0.178. The Hall–Kier alpha value is -0.950. The number of anilines is 2. The van der Waals surface area contributed by atoms with E-state index in [0.717, 1.165) is 5.75 Å². The summed E-state index contributed by atoms with van der Waals surface area (Å²) in [5.74, 6) is 1.13. The molecule has 5 nitrogen and oxygen atoms in total. The van der Waals surface area contributed by atoms with Gasteiger partial charge in [0.05, 0.1) is 0 Å². The molecule has 1 aromatic rings. The summed E-state index contributed by atoms with van der Waals surface area (Å²) in [4.78, 5) is 18.5. The third-order valence-electron chi connectivity index (χ3n) is 2.45. The van der Waals surface area contributed by atoms with E-state index in [9.17, 15) is 4.79 Å². The summed E-state index contributed by atoms with van der Waals surface area (Å²) in [5.41, 5.74) is 5.74. The maximum absolute atomic E-state index is 12.2. The first-order chi connectivity index (χ1) is 8.01. The number of hydrogen-bond donors (Lipinski definition) is 2. The second-order valence-corrected chi connectivity index (χ2v) is 5.61. The zero-order chi connectivity index (χ0) is 13.0. The van der Waals surface area contributed by atoms with Gasteiger partial charge in [0, 0.05) is 25.9 Å². The Labute approximate surface area is 110 Å². The Morgan fingerprint density at radius 3 is 2.82 bits per heavy atom. The second kappa shape index (κ2) is 6.11. The molecule has 0 bridgehead atoms. The zero-order valence-electron chi connectivity index (χ0n) is 10.5. The first-order valence-corrected chi connectivity index (χ1v) is 7.42. The van der Waals surface area contributed by atoms with Crippen molar-refractivity contribution in [3.8, 4) is 0 Å². The molecule has 0 radical (unpaired) electrons. The molecule has 3 N–H and O–H groups in total. The minimum atomic E-state index is -0.0666. The molecule has 1 rings (SSSR count). The van der Waals surface area contributed by atoms with E-state index in [1.54, 1.807) is 30.8 Å². The van der Waals surface area contributed by atoms with Crippen LogP contribution in [-0.4, -0.2) is 47.9 Å². The van der Waals surface area contributed by atoms with Crippen molar-refractivity contribution in [3.63, 3.8) is 0 Å². The van der Waals surface area contributed by atoms with Crippen molar-refractivity contribution in [2.75, 3.05) is 37.2 Å². The Morgan fingerprint density at radius 1 is 1.71 bits per heavy atom. The normalized spacial score (nSPS) is 12.2. The van der Waals surface area contributed by atoms with E-state index in [1.807, 2.05) is 13.2 Å². The lowest BCUT2D eigenvalue weighted by Crippen LogP contribution is -2.36. The maximum Gasteiger partial charge on any atom is 0.267 e. The molecule has 17 heavy (non-hydrogen) atoms. The molecule has 1 heterocycles. The summed E-state index contributed by atoms with van der Waals surface area (Å²) in [6.07, 6.45) is 2.02. The largest absolute Gasteiger partial charge is 0.382 e. The number of nitrogens with one attached hydrogen (secondary N) is 1. The number of nitrogen functional groups attached to an aromatic ring is 1. The smallest absolute Gasteiger partial charge is 0.267 e. The Bertz CT molecular complexity index is 394. The fourth-order valence-corrected chi connectivity index (χ4v) is 2.83. The minimum Gasteiger partial charge on any atom is -0.382 e. The molecule has 0 aliphatic carbocycles. The summed E-state index contributed by atoms with van der Waals surface area (Å²) in [7, 11) is 3.55. The van der Waals surface area contributed by atoms with E-state index in [2.05, 4.69) is 10.3 Å². The highest BCUT2D eigenvalue weighted by Crippen LogP contribution is 2.26. The van der Waals surface area contributed by atoms with Crippen molar-refractivity contribution in [1.29, 1.82) is 0 Å². The van der Waals surface area contributed by atoms with Gasteiger partial charge in [-0.3, -0.25) is 4.79 Å². The number of thiazole rings is 1. The van der Waals surface area contributed by atoms with Crippen LogP contribution in [0, 0.1) is 0 Å². The maximum atomic E-state index is 12.2. The van der Waals surface area contributed by atoms with Crippen molar-refractivity contribution < 1.29 is 4.79 Å². The Kier molecular flexibility index (Phi) is 5.07. The number of nitrogens with zero attached hydrogens (tertiary/aromatic N) is 2. The van der Waals surface area contributed by atoms with Gasteiger partial charge in [0.1, 0.15) is 10.7 Å². The second-order valence-electron chi connectivity index (χ2n) is 3.70. The Balaban J connectivity index is 2.84. The first kappa shape index (κ1) is 14.1. The predicted molar refractivity (Wildman–Crippen MR) is 76.0 cm³/mol. The topological polar surface area (TPSA) is 71.2 Å². The molecule has 0 fully saturated rings. The SMILES string of the molecule is CNc1nc(N)c(C(=O)N(C)C(C)CSC)s1. The molecule has 1 aromatic heterocycles. The van der Waals surface area contributed by atoms with E-state index in [0.29, 0.717) is 15.8 Å². The zero-order valence-corrected chi connectivity index (χ0v) is 12.1. The van der Waals surface area contributed by atoms with Gasteiger partial charge in [0.2, 0.25) is 0 Å². The highest BCUT2D eigenvalue weighted by molar-refractivity contribution is 7.98. The standard InChI is InChI=1S/C10H18N4OS2/c1-6(5-16-4)14(3)9(15)7-8(11)13-10(12-2)17-7/h6H,5,11H2,1-4H3,(H,12,13). The summed E-state index contributed by atoms with van der Waals surface area (Å²) < 4.78 is 0. The van der Waals surface area contributed by atoms with Crippen LogP contribution in [0.25, 0.3) is 0 Å². The van der Waals surface area contributed by atoms with Gasteiger partial charge < -0.3 is 16.0 Å². The highest BCUT2D eigenvalue weighted by Gasteiger charge is 2.22. The quantitative estimate of drug-likeness (QED) is 0.853. The van der Waals surface area contributed by atoms with Crippen LogP contribution in [0.15, 0.2) is 0 Å². The van der Waals surface area contributed by atoms with Gasteiger partial charge in [-0.1, -0.05) is 11.3 Å². The van der Waals surface area contributed by atoms with Crippen LogP contribution in [0.3, 0.4) is 0 Å². The number of carbonyl (C=O) groups excluding carboxylic acids is 1. The Morgan fingerprint density at radius 2 is 2.35 bits per heavy atom. The molecule has 0 spiro atoms. The number of nitrogens with two attached hydrogens (primary N) is 1. The van der Waals surface area contributed by atoms with Gasteiger partial charge >= 0.3 is 0 Å². The van der Waals surface area contributed by atoms with Gasteiger partial charge in [-0.25, -0.2) is 4.98 Å². The number of amides is 1. The number of hydrogen-bond acceptors (Lipinski definition) is 6. The van der Waals surface area contributed by atoms with Crippen LogP contribution >= 0.6 is 23.1 Å². The molecule has 0 aliphatic heterocycles. The van der Waals surface area contributed by atoms with Crippen molar-refractivity contribution >= 4 is 40.0 Å². The third kappa shape index (κ3) is 3.26. The van der Waals surface area contributed by atoms with Crippen LogP contribution in [0.1, 0.15) is 16.6 Å². The number of rotatable bonds is 5. The van der Waals surface area contributed by atoms with Gasteiger partial charge in [-0.2, -0.15) is 11.8 Å². The lowest BCUT2D eigenvalue weighted by atomic mass is 10.3. The van der Waals surface area contributed by atoms with Crippen LogP contribution < -0.4 is 11.1 Å². The lowest BCUT2D eigenvalue weighted by molar-refractivity contribution is 0.0763. The molecule has 0 aliphatic rings. The van der Waals surface area contributed by atoms with E-state index in [-0.39, 0.29) is 11.9 Å². The van der Waals surface area contributed by atoms with Gasteiger partial charge in [-0.15, -0.1) is 0 Å². The molecule has 0 saturated carbocycles. The van der Waals surface area contributed by atoms with Crippen LogP contribution in [0.2, 0.25) is 0 Å². The van der Waals surface area contributed by atoms with E-state index in [4.69, 9.17) is 5.73 Å². The molecule has 0 saturated heterocycles. The summed E-state index contributed by atoms with van der Waals surface area (Å²) in [5, 5.41) is 3.55. The summed E-state index contributed by atoms with van der Waals surface area (Å²) >= 11 is 3.00. The van der Waals surface area contributed by atoms with Crippen LogP contribution in [0.4, 0.5) is 10.9 Å². The predicted octanol–water partition coefficient (Wildman–Crippen LogP) is 1.59. The van der Waals surface area contributed by atoms with E-state index < -0.39 is 0 Å². The van der Waals surface area contributed by atoms with Gasteiger partial charge in [0.25, 0.3) is 5.91 Å². The molecular weight excluding hydrogens is 256 g/mol. The average Bonchev–Trinajstić information content (AvgIpc) is 2.69. The summed E-state index contributed by atoms with van der Waals surface area (Å²) in [6.45, 7) is 2.02. The lowest BCUT2D eigenvalue weighted by Gasteiger charge is -2.23. The van der Waals surface area contributed by atoms with Crippen molar-refractivity contribution in [2.24, 2.45) is 0 Å². The third-order valence-corrected chi connectivity index (χ3v) is 4.34. The first-order valence-electron chi connectivity index (χ1n) is 5.21. The van der Waals surface area contributed by atoms with Crippen LogP contribution in [0.5, 0.6) is 0 Å². The van der Waals surface area contributed by atoms with Crippen LogP contribution in [-0.2, 0) is 0 Å². The fourth-order valence-electron chi connectivity index (χ4n) is 1.31. The molecule has 1 amide bonds. The molecule has 1 atom stereocenters. The van der Waals surface area contributed by atoms with Crippen molar-refractivity contribution in [3.05, 3.63) is 4.88 Å². The van der Waals surface area contributed by atoms with E-state index in [1.165, 1.54) is 11.3 Å². The molecule has 96 valence electrons. The fraction of sp³-hybridized carbons (Fsp3) is 0.600. The molecule has 0 aromatic carbocycles. The number of aromatic nitrogens is 1. The minimum absolute atomic E-state index is 0.0666. The van der Waals surface area contributed by atoms with Gasteiger partial charge in [-0.05, 0) is 13.2 Å². The molecular formula is C10H18N4OS2. The molecule has 1 unspecified atom stereocenters.